The van der Waals surface area contributed by atoms with Crippen LogP contribution < -0.4 is 0 Å². The van der Waals surface area contributed by atoms with Crippen molar-refractivity contribution in [3.05, 3.63) is 58.9 Å². The van der Waals surface area contributed by atoms with Gasteiger partial charge in [0, 0.05) is 0 Å². The lowest BCUT2D eigenvalue weighted by molar-refractivity contribution is -0.108. The summed E-state index contributed by atoms with van der Waals surface area (Å²) in [5.41, 5.74) is -0.632. The van der Waals surface area contributed by atoms with Gasteiger partial charge in [0.25, 0.3) is 5.24 Å². The first-order valence-electron chi connectivity index (χ1n) is 5.82. The van der Waals surface area contributed by atoms with Gasteiger partial charge < -0.3 is 4.74 Å². The Balaban J connectivity index is 2.27. The molecule has 21 heavy (non-hydrogen) atoms. The van der Waals surface area contributed by atoms with Gasteiger partial charge in [0.2, 0.25) is 0 Å². The second-order valence-electron chi connectivity index (χ2n) is 4.19. The number of halogens is 4. The van der Waals surface area contributed by atoms with Crippen molar-refractivity contribution in [3.8, 4) is 0 Å². The summed E-state index contributed by atoms with van der Waals surface area (Å²) in [5, 5.41) is -1.33. The molecular weight excluding hydrogens is 325 g/mol. The number of carbonyl (C=O) groups excluding carboxylic acids is 2. The van der Waals surface area contributed by atoms with E-state index in [0.29, 0.717) is 12.5 Å². The second-order valence-corrected chi connectivity index (χ2v) is 5.09. The van der Waals surface area contributed by atoms with E-state index in [1.165, 1.54) is 12.2 Å². The molecule has 0 spiro atoms. The van der Waals surface area contributed by atoms with Crippen molar-refractivity contribution >= 4 is 34.4 Å². The van der Waals surface area contributed by atoms with Gasteiger partial charge in [-0.15, -0.1) is 11.6 Å². The first-order chi connectivity index (χ1) is 9.88. The van der Waals surface area contributed by atoms with Gasteiger partial charge in [0.05, 0.1) is 16.5 Å². The third-order valence-electron chi connectivity index (χ3n) is 2.71. The number of carbonyl (C=O) groups is 2. The Morgan fingerprint density at radius 3 is 2.67 bits per heavy atom. The van der Waals surface area contributed by atoms with E-state index < -0.39 is 33.8 Å². The maximum Gasteiger partial charge on any atom is 0.346 e. The third kappa shape index (κ3) is 3.68. The lowest BCUT2D eigenvalue weighted by Gasteiger charge is -2.16. The molecule has 0 saturated carbocycles. The van der Waals surface area contributed by atoms with Crippen LogP contribution in [0.5, 0.6) is 0 Å². The lowest BCUT2D eigenvalue weighted by Crippen LogP contribution is -2.15. The summed E-state index contributed by atoms with van der Waals surface area (Å²) < 4.78 is 31.5. The van der Waals surface area contributed by atoms with Gasteiger partial charge in [-0.05, 0) is 42.3 Å². The molecule has 3 nitrogen and oxygen atoms in total. The molecule has 110 valence electrons. The van der Waals surface area contributed by atoms with Crippen LogP contribution in [-0.2, 0) is 9.53 Å². The molecule has 1 aliphatic carbocycles. The SMILES string of the molecule is O=C(Cl)C1=CCC(Cl)C=C1OC(=O)c1cc(F)ccc1F. The molecule has 1 unspecified atom stereocenters. The molecule has 0 fully saturated rings. The minimum absolute atomic E-state index is 0.0428. The third-order valence-corrected chi connectivity index (χ3v) is 3.22. The lowest BCUT2D eigenvalue weighted by atomic mass is 10.1. The Morgan fingerprint density at radius 2 is 2.00 bits per heavy atom. The molecule has 7 heteroatoms. The number of benzene rings is 1. The normalized spacial score (nSPS) is 17.8. The summed E-state index contributed by atoms with van der Waals surface area (Å²) in [5.74, 6) is -3.05. The number of rotatable bonds is 3. The van der Waals surface area contributed by atoms with Crippen LogP contribution in [0.1, 0.15) is 16.8 Å². The van der Waals surface area contributed by atoms with Crippen molar-refractivity contribution in [3.63, 3.8) is 0 Å². The van der Waals surface area contributed by atoms with E-state index in [9.17, 15) is 18.4 Å². The van der Waals surface area contributed by atoms with Crippen LogP contribution in [0, 0.1) is 11.6 Å². The van der Waals surface area contributed by atoms with Gasteiger partial charge in [-0.25, -0.2) is 13.6 Å². The quantitative estimate of drug-likeness (QED) is 0.481. The Labute approximate surface area is 128 Å². The first kappa shape index (κ1) is 15.7. The van der Waals surface area contributed by atoms with Crippen LogP contribution in [0.2, 0.25) is 0 Å². The molecule has 1 aromatic rings. The molecule has 0 saturated heterocycles. The maximum atomic E-state index is 13.5. The molecule has 0 bridgehead atoms. The topological polar surface area (TPSA) is 43.4 Å². The highest BCUT2D eigenvalue weighted by atomic mass is 35.5. The smallest absolute Gasteiger partial charge is 0.346 e. The van der Waals surface area contributed by atoms with E-state index in [1.807, 2.05) is 0 Å². The zero-order valence-electron chi connectivity index (χ0n) is 10.4. The van der Waals surface area contributed by atoms with E-state index in [2.05, 4.69) is 0 Å². The predicted molar refractivity (Wildman–Crippen MR) is 73.1 cm³/mol. The van der Waals surface area contributed by atoms with Crippen LogP contribution in [0.3, 0.4) is 0 Å². The van der Waals surface area contributed by atoms with Gasteiger partial charge in [0.15, 0.2) is 0 Å². The molecule has 2 rings (SSSR count). The molecule has 1 atom stereocenters. The number of alkyl halides is 1. The van der Waals surface area contributed by atoms with Crippen LogP contribution in [0.25, 0.3) is 0 Å². The predicted octanol–water partition coefficient (Wildman–Crippen LogP) is 3.71. The highest BCUT2D eigenvalue weighted by Gasteiger charge is 2.24. The van der Waals surface area contributed by atoms with Crippen molar-refractivity contribution in [1.82, 2.24) is 0 Å². The van der Waals surface area contributed by atoms with Crippen molar-refractivity contribution in [2.24, 2.45) is 0 Å². The van der Waals surface area contributed by atoms with Crippen molar-refractivity contribution in [2.45, 2.75) is 11.8 Å². The zero-order valence-corrected chi connectivity index (χ0v) is 11.9. The molecule has 1 aromatic carbocycles. The van der Waals surface area contributed by atoms with E-state index in [-0.39, 0.29) is 11.3 Å². The molecule has 0 heterocycles. The summed E-state index contributed by atoms with van der Waals surface area (Å²) in [4.78, 5) is 23.1. The molecule has 1 aliphatic rings. The monoisotopic (exact) mass is 332 g/mol. The Kier molecular flexibility index (Phi) is 4.75. The van der Waals surface area contributed by atoms with Gasteiger partial charge in [0.1, 0.15) is 17.4 Å². The zero-order chi connectivity index (χ0) is 15.6. The Morgan fingerprint density at radius 1 is 1.29 bits per heavy atom. The van der Waals surface area contributed by atoms with Crippen molar-refractivity contribution < 1.29 is 23.1 Å². The van der Waals surface area contributed by atoms with Crippen molar-refractivity contribution in [1.29, 1.82) is 0 Å². The number of hydrogen-bond donors (Lipinski definition) is 0. The second kappa shape index (κ2) is 6.37. The van der Waals surface area contributed by atoms with Crippen LogP contribution >= 0.6 is 23.2 Å². The molecular formula is C14H8Cl2F2O3. The highest BCUT2D eigenvalue weighted by molar-refractivity contribution is 6.68. The molecule has 0 N–H and O–H groups in total. The minimum atomic E-state index is -1.15. The number of allylic oxidation sites excluding steroid dienone is 3. The Bertz CT molecular complexity index is 668. The minimum Gasteiger partial charge on any atom is -0.422 e. The molecule has 0 amide bonds. The highest BCUT2D eigenvalue weighted by Crippen LogP contribution is 2.26. The van der Waals surface area contributed by atoms with E-state index in [4.69, 9.17) is 27.9 Å². The summed E-state index contributed by atoms with van der Waals surface area (Å²) in [6.45, 7) is 0. The van der Waals surface area contributed by atoms with Gasteiger partial charge in [-0.2, -0.15) is 0 Å². The van der Waals surface area contributed by atoms with Crippen LogP contribution in [0.15, 0.2) is 41.7 Å². The summed E-state index contributed by atoms with van der Waals surface area (Å²) in [6.07, 6.45) is 3.06. The maximum absolute atomic E-state index is 13.5. The van der Waals surface area contributed by atoms with Gasteiger partial charge in [-0.1, -0.05) is 6.08 Å². The largest absolute Gasteiger partial charge is 0.422 e. The Hall–Kier alpha value is -1.72. The van der Waals surface area contributed by atoms with Crippen LogP contribution in [0.4, 0.5) is 8.78 Å². The summed E-state index contributed by atoms with van der Waals surface area (Å²) in [7, 11) is 0. The van der Waals surface area contributed by atoms with Gasteiger partial charge >= 0.3 is 5.97 Å². The average molecular weight is 333 g/mol. The standard InChI is InChI=1S/C14H8Cl2F2O3/c15-7-1-3-9(13(16)19)12(5-7)21-14(20)10-6-8(17)2-4-11(10)18/h2-7H,1H2. The number of esters is 1. The molecule has 0 aliphatic heterocycles. The number of hydrogen-bond acceptors (Lipinski definition) is 3. The molecule has 0 aromatic heterocycles. The fraction of sp³-hybridized carbons (Fsp3) is 0.143. The van der Waals surface area contributed by atoms with E-state index in [1.54, 1.807) is 0 Å². The fourth-order valence-electron chi connectivity index (χ4n) is 1.73. The fourth-order valence-corrected chi connectivity index (χ4v) is 2.10. The molecule has 0 radical (unpaired) electrons. The summed E-state index contributed by atoms with van der Waals surface area (Å²) >= 11 is 11.2. The van der Waals surface area contributed by atoms with E-state index in [0.717, 1.165) is 12.1 Å². The van der Waals surface area contributed by atoms with Gasteiger partial charge in [-0.3, -0.25) is 4.79 Å². The van der Waals surface area contributed by atoms with Crippen LogP contribution in [-0.4, -0.2) is 16.6 Å². The van der Waals surface area contributed by atoms with Crippen molar-refractivity contribution in [2.75, 3.05) is 0 Å². The van der Waals surface area contributed by atoms with E-state index >= 15 is 0 Å². The number of ether oxygens (including phenoxy) is 1. The first-order valence-corrected chi connectivity index (χ1v) is 6.63. The summed E-state index contributed by atoms with van der Waals surface area (Å²) in [6, 6.07) is 2.37. The average Bonchev–Trinajstić information content (AvgIpc) is 2.41.